The molecule has 0 bridgehead atoms. The predicted molar refractivity (Wildman–Crippen MR) is 75.3 cm³/mol. The van der Waals surface area contributed by atoms with Crippen molar-refractivity contribution in [2.24, 2.45) is 17.6 Å². The topological polar surface area (TPSA) is 58.4 Å². The molecule has 1 rings (SSSR count). The molecule has 1 heterocycles. The van der Waals surface area contributed by atoms with Crippen LogP contribution in [0, 0.1) is 11.8 Å². The van der Waals surface area contributed by atoms with Crippen LogP contribution in [0.3, 0.4) is 0 Å². The Labute approximate surface area is 111 Å². The van der Waals surface area contributed by atoms with E-state index in [-0.39, 0.29) is 5.91 Å². The van der Waals surface area contributed by atoms with Crippen molar-refractivity contribution in [1.29, 1.82) is 0 Å². The Hall–Kier alpha value is -0.610. The third-order valence-corrected chi connectivity index (χ3v) is 3.60. The van der Waals surface area contributed by atoms with Crippen LogP contribution in [0.4, 0.5) is 0 Å². The number of likely N-dealkylation sites (N-methyl/N-ethyl adjacent to an activating group) is 1. The molecule has 1 aliphatic rings. The van der Waals surface area contributed by atoms with E-state index in [1.165, 1.54) is 6.42 Å². The van der Waals surface area contributed by atoms with E-state index in [2.05, 4.69) is 31.1 Å². The number of likely N-dealkylation sites (tertiary alicyclic amines) is 1. The zero-order valence-electron chi connectivity index (χ0n) is 12.1. The van der Waals surface area contributed by atoms with Gasteiger partial charge in [-0.25, -0.2) is 0 Å². The van der Waals surface area contributed by atoms with Crippen LogP contribution in [0.15, 0.2) is 0 Å². The number of rotatable bonds is 6. The normalized spacial score (nSPS) is 23.1. The summed E-state index contributed by atoms with van der Waals surface area (Å²) >= 11 is 0. The van der Waals surface area contributed by atoms with Gasteiger partial charge in [-0.05, 0) is 51.2 Å². The van der Waals surface area contributed by atoms with E-state index in [0.717, 1.165) is 25.9 Å². The molecule has 1 aliphatic heterocycles. The highest BCUT2D eigenvalue weighted by molar-refractivity contribution is 5.76. The number of nitrogens with zero attached hydrogens (tertiary/aromatic N) is 1. The SMILES string of the molecule is CC(C)C[C@H](CN)CC(=O)NC1CCCN(C)C1. The summed E-state index contributed by atoms with van der Waals surface area (Å²) in [4.78, 5) is 14.3. The third kappa shape index (κ3) is 5.83. The highest BCUT2D eigenvalue weighted by Crippen LogP contribution is 2.15. The second-order valence-corrected chi connectivity index (χ2v) is 6.10. The Morgan fingerprint density at radius 3 is 2.78 bits per heavy atom. The van der Waals surface area contributed by atoms with Crippen molar-refractivity contribution in [2.75, 3.05) is 26.7 Å². The lowest BCUT2D eigenvalue weighted by atomic mass is 9.93. The summed E-state index contributed by atoms with van der Waals surface area (Å²) in [6.07, 6.45) is 3.89. The molecule has 0 aliphatic carbocycles. The molecule has 0 aromatic rings. The molecule has 1 saturated heterocycles. The van der Waals surface area contributed by atoms with Gasteiger partial charge in [0.05, 0.1) is 0 Å². The maximum atomic E-state index is 12.0. The zero-order valence-corrected chi connectivity index (χ0v) is 12.1. The van der Waals surface area contributed by atoms with Crippen molar-refractivity contribution in [3.63, 3.8) is 0 Å². The molecule has 3 N–H and O–H groups in total. The first-order valence-corrected chi connectivity index (χ1v) is 7.19. The van der Waals surface area contributed by atoms with Gasteiger partial charge >= 0.3 is 0 Å². The molecular weight excluding hydrogens is 226 g/mol. The van der Waals surface area contributed by atoms with Crippen LogP contribution in [0.2, 0.25) is 0 Å². The third-order valence-electron chi connectivity index (χ3n) is 3.60. The highest BCUT2D eigenvalue weighted by Gasteiger charge is 2.20. The number of hydrogen-bond acceptors (Lipinski definition) is 3. The number of nitrogens with two attached hydrogens (primary N) is 1. The van der Waals surface area contributed by atoms with Gasteiger partial charge in [0.25, 0.3) is 0 Å². The molecule has 0 aromatic carbocycles. The molecule has 0 aromatic heterocycles. The van der Waals surface area contributed by atoms with Gasteiger partial charge in [-0.3, -0.25) is 4.79 Å². The van der Waals surface area contributed by atoms with Crippen molar-refractivity contribution >= 4 is 5.91 Å². The summed E-state index contributed by atoms with van der Waals surface area (Å²) < 4.78 is 0. The van der Waals surface area contributed by atoms with Gasteiger partial charge in [0.2, 0.25) is 5.91 Å². The number of carbonyl (C=O) groups excluding carboxylic acids is 1. The van der Waals surface area contributed by atoms with Gasteiger partial charge in [0.15, 0.2) is 0 Å². The van der Waals surface area contributed by atoms with Crippen molar-refractivity contribution in [2.45, 2.75) is 45.6 Å². The Morgan fingerprint density at radius 2 is 2.22 bits per heavy atom. The fraction of sp³-hybridized carbons (Fsp3) is 0.929. The summed E-state index contributed by atoms with van der Waals surface area (Å²) in [5.41, 5.74) is 5.74. The minimum Gasteiger partial charge on any atom is -0.352 e. The van der Waals surface area contributed by atoms with Gasteiger partial charge < -0.3 is 16.0 Å². The number of hydrogen-bond donors (Lipinski definition) is 2. The second kappa shape index (κ2) is 7.74. The zero-order chi connectivity index (χ0) is 13.5. The Kier molecular flexibility index (Phi) is 6.65. The Balaban J connectivity index is 2.30. The average molecular weight is 255 g/mol. The van der Waals surface area contributed by atoms with E-state index in [0.29, 0.717) is 30.8 Å². The van der Waals surface area contributed by atoms with Crippen molar-refractivity contribution in [3.8, 4) is 0 Å². The van der Waals surface area contributed by atoms with E-state index in [9.17, 15) is 4.79 Å². The van der Waals surface area contributed by atoms with Crippen LogP contribution in [0.25, 0.3) is 0 Å². The maximum Gasteiger partial charge on any atom is 0.220 e. The van der Waals surface area contributed by atoms with Crippen LogP contribution >= 0.6 is 0 Å². The first-order chi connectivity index (χ1) is 8.51. The monoisotopic (exact) mass is 255 g/mol. The van der Waals surface area contributed by atoms with E-state index in [1.807, 2.05) is 0 Å². The first-order valence-electron chi connectivity index (χ1n) is 7.19. The maximum absolute atomic E-state index is 12.0. The molecule has 0 spiro atoms. The van der Waals surface area contributed by atoms with Crippen molar-refractivity contribution < 1.29 is 4.79 Å². The lowest BCUT2D eigenvalue weighted by Crippen LogP contribution is -2.46. The standard InChI is InChI=1S/C14H29N3O/c1-11(2)7-12(9-15)8-14(18)16-13-5-4-6-17(3)10-13/h11-13H,4-10,15H2,1-3H3,(H,16,18)/t12-,13?/m0/s1. The Morgan fingerprint density at radius 1 is 1.50 bits per heavy atom. The molecule has 0 radical (unpaired) electrons. The fourth-order valence-electron chi connectivity index (χ4n) is 2.76. The van der Waals surface area contributed by atoms with Crippen LogP contribution in [0.1, 0.15) is 39.5 Å². The molecular formula is C14H29N3O. The number of carbonyl (C=O) groups is 1. The van der Waals surface area contributed by atoms with Gasteiger partial charge in [0.1, 0.15) is 0 Å². The van der Waals surface area contributed by atoms with Crippen LogP contribution in [0.5, 0.6) is 0 Å². The van der Waals surface area contributed by atoms with Crippen LogP contribution in [-0.2, 0) is 4.79 Å². The van der Waals surface area contributed by atoms with E-state index < -0.39 is 0 Å². The number of piperidine rings is 1. The highest BCUT2D eigenvalue weighted by atomic mass is 16.1. The van der Waals surface area contributed by atoms with E-state index in [4.69, 9.17) is 5.73 Å². The molecule has 0 saturated carbocycles. The summed E-state index contributed by atoms with van der Waals surface area (Å²) in [7, 11) is 2.11. The molecule has 2 atom stereocenters. The van der Waals surface area contributed by atoms with Crippen LogP contribution < -0.4 is 11.1 Å². The first kappa shape index (κ1) is 15.4. The van der Waals surface area contributed by atoms with Gasteiger partial charge in [-0.2, -0.15) is 0 Å². The molecule has 1 unspecified atom stereocenters. The molecule has 1 fully saturated rings. The summed E-state index contributed by atoms with van der Waals surface area (Å²) in [5.74, 6) is 1.10. The quantitative estimate of drug-likeness (QED) is 0.750. The van der Waals surface area contributed by atoms with E-state index >= 15 is 0 Å². The smallest absolute Gasteiger partial charge is 0.220 e. The molecule has 4 heteroatoms. The van der Waals surface area contributed by atoms with Crippen molar-refractivity contribution in [1.82, 2.24) is 10.2 Å². The molecule has 4 nitrogen and oxygen atoms in total. The number of amides is 1. The van der Waals surface area contributed by atoms with Crippen LogP contribution in [-0.4, -0.2) is 43.5 Å². The van der Waals surface area contributed by atoms with E-state index in [1.54, 1.807) is 0 Å². The fourth-order valence-corrected chi connectivity index (χ4v) is 2.76. The van der Waals surface area contributed by atoms with Gasteiger partial charge in [-0.1, -0.05) is 13.8 Å². The average Bonchev–Trinajstić information content (AvgIpc) is 2.27. The lowest BCUT2D eigenvalue weighted by Gasteiger charge is -2.30. The second-order valence-electron chi connectivity index (χ2n) is 6.10. The summed E-state index contributed by atoms with van der Waals surface area (Å²) in [6.45, 7) is 7.08. The van der Waals surface area contributed by atoms with Crippen molar-refractivity contribution in [3.05, 3.63) is 0 Å². The summed E-state index contributed by atoms with van der Waals surface area (Å²) in [5, 5.41) is 3.15. The van der Waals surface area contributed by atoms with Gasteiger partial charge in [0, 0.05) is 19.0 Å². The lowest BCUT2D eigenvalue weighted by molar-refractivity contribution is -0.123. The number of nitrogens with one attached hydrogen (secondary N) is 1. The Bertz CT molecular complexity index is 247. The summed E-state index contributed by atoms with van der Waals surface area (Å²) in [6, 6.07) is 0.328. The molecule has 106 valence electrons. The molecule has 1 amide bonds. The minimum atomic E-state index is 0.173. The largest absolute Gasteiger partial charge is 0.352 e. The minimum absolute atomic E-state index is 0.173. The van der Waals surface area contributed by atoms with Gasteiger partial charge in [-0.15, -0.1) is 0 Å². The predicted octanol–water partition coefficient (Wildman–Crippen LogP) is 1.21. The molecule has 18 heavy (non-hydrogen) atoms.